The van der Waals surface area contributed by atoms with E-state index in [1.165, 1.54) is 0 Å². The molecule has 2 nitrogen and oxygen atoms in total. The second kappa shape index (κ2) is 2.63. The highest BCUT2D eigenvalue weighted by atomic mass is 14.7. The molecule has 0 radical (unpaired) electrons. The Morgan fingerprint density at radius 2 is 2.00 bits per heavy atom. The van der Waals surface area contributed by atoms with Crippen molar-refractivity contribution < 1.29 is 0 Å². The van der Waals surface area contributed by atoms with Gasteiger partial charge in [-0.25, -0.2) is 4.85 Å². The van der Waals surface area contributed by atoms with Crippen molar-refractivity contribution in [3.63, 3.8) is 0 Å². The maximum atomic E-state index is 6.92. The highest BCUT2D eigenvalue weighted by Crippen LogP contribution is 2.22. The van der Waals surface area contributed by atoms with Gasteiger partial charge >= 0.3 is 0 Å². The van der Waals surface area contributed by atoms with E-state index in [2.05, 4.69) is 9.83 Å². The minimum Gasteiger partial charge on any atom is -0.259 e. The quantitative estimate of drug-likeness (QED) is 0.533. The first kappa shape index (κ1) is 6.81. The molecule has 0 amide bonds. The van der Waals surface area contributed by atoms with Crippen molar-refractivity contribution >= 4 is 16.6 Å². The summed E-state index contributed by atoms with van der Waals surface area (Å²) in [6.07, 6.45) is 1.66. The Balaban J connectivity index is 2.91. The van der Waals surface area contributed by atoms with Gasteiger partial charge in [-0.05, 0) is 12.1 Å². The lowest BCUT2D eigenvalue weighted by Crippen LogP contribution is -1.75. The Morgan fingerprint density at radius 3 is 2.83 bits per heavy atom. The molecule has 0 aliphatic rings. The molecule has 1 aromatic carbocycles. The van der Waals surface area contributed by atoms with Gasteiger partial charge < -0.3 is 0 Å². The second-order valence-corrected chi connectivity index (χ2v) is 2.46. The van der Waals surface area contributed by atoms with Gasteiger partial charge in [0.1, 0.15) is 0 Å². The Hall–Kier alpha value is -1.88. The lowest BCUT2D eigenvalue weighted by atomic mass is 10.2. The zero-order valence-corrected chi connectivity index (χ0v) is 6.36. The fourth-order valence-corrected chi connectivity index (χ4v) is 1.18. The number of hydrogen-bond donors (Lipinski definition) is 0. The van der Waals surface area contributed by atoms with Gasteiger partial charge in [-0.15, -0.1) is 0 Å². The molecule has 1 heterocycles. The van der Waals surface area contributed by atoms with E-state index in [4.69, 9.17) is 6.57 Å². The van der Waals surface area contributed by atoms with Crippen LogP contribution < -0.4 is 0 Å². The fourth-order valence-electron chi connectivity index (χ4n) is 1.18. The van der Waals surface area contributed by atoms with E-state index >= 15 is 0 Å². The molecule has 2 aromatic rings. The zero-order valence-electron chi connectivity index (χ0n) is 6.36. The molecule has 0 saturated carbocycles. The van der Waals surface area contributed by atoms with Crippen molar-refractivity contribution in [2.75, 3.05) is 0 Å². The lowest BCUT2D eigenvalue weighted by Gasteiger charge is -1.96. The van der Waals surface area contributed by atoms with Crippen LogP contribution in [-0.2, 0) is 0 Å². The maximum absolute atomic E-state index is 6.92. The van der Waals surface area contributed by atoms with E-state index in [0.29, 0.717) is 5.69 Å². The molecule has 0 saturated heterocycles. The van der Waals surface area contributed by atoms with Gasteiger partial charge in [0.05, 0.1) is 12.1 Å². The van der Waals surface area contributed by atoms with Gasteiger partial charge in [0, 0.05) is 11.6 Å². The summed E-state index contributed by atoms with van der Waals surface area (Å²) in [5.41, 5.74) is 1.55. The summed E-state index contributed by atoms with van der Waals surface area (Å²) in [6, 6.07) is 9.39. The number of aromatic nitrogens is 1. The van der Waals surface area contributed by atoms with E-state index in [-0.39, 0.29) is 0 Å². The molecule has 0 aliphatic heterocycles. The van der Waals surface area contributed by atoms with Gasteiger partial charge in [-0.2, -0.15) is 0 Å². The van der Waals surface area contributed by atoms with Crippen LogP contribution in [0.25, 0.3) is 15.7 Å². The lowest BCUT2D eigenvalue weighted by molar-refractivity contribution is 1.42. The first-order chi connectivity index (χ1) is 5.92. The number of pyridine rings is 1. The van der Waals surface area contributed by atoms with Gasteiger partial charge in [0.15, 0.2) is 5.69 Å². The maximum Gasteiger partial charge on any atom is 0.197 e. The van der Waals surface area contributed by atoms with Crippen molar-refractivity contribution in [3.05, 3.63) is 47.9 Å². The van der Waals surface area contributed by atoms with E-state index < -0.39 is 0 Å². The highest BCUT2D eigenvalue weighted by Gasteiger charge is 1.97. The average molecular weight is 154 g/mol. The van der Waals surface area contributed by atoms with Crippen molar-refractivity contribution in [1.29, 1.82) is 0 Å². The largest absolute Gasteiger partial charge is 0.259 e. The second-order valence-electron chi connectivity index (χ2n) is 2.46. The third-order valence-corrected chi connectivity index (χ3v) is 1.75. The Labute approximate surface area is 70.3 Å². The van der Waals surface area contributed by atoms with E-state index in [1.54, 1.807) is 12.3 Å². The van der Waals surface area contributed by atoms with Crippen LogP contribution in [0.4, 0.5) is 5.69 Å². The SMILES string of the molecule is [C-]#[N+]c1ccnc2ccccc12. The molecule has 0 bridgehead atoms. The van der Waals surface area contributed by atoms with Crippen LogP contribution in [0.15, 0.2) is 36.5 Å². The van der Waals surface area contributed by atoms with E-state index in [1.807, 2.05) is 24.3 Å². The van der Waals surface area contributed by atoms with Crippen LogP contribution in [0.1, 0.15) is 0 Å². The van der Waals surface area contributed by atoms with Gasteiger partial charge in [0.2, 0.25) is 0 Å². The average Bonchev–Trinajstić information content (AvgIpc) is 2.17. The fraction of sp³-hybridized carbons (Fsp3) is 0. The monoisotopic (exact) mass is 154 g/mol. The molecule has 0 fully saturated rings. The van der Waals surface area contributed by atoms with Crippen LogP contribution in [0.2, 0.25) is 0 Å². The van der Waals surface area contributed by atoms with Crippen molar-refractivity contribution in [2.24, 2.45) is 0 Å². The van der Waals surface area contributed by atoms with E-state index in [9.17, 15) is 0 Å². The molecule has 56 valence electrons. The first-order valence-corrected chi connectivity index (χ1v) is 3.63. The van der Waals surface area contributed by atoms with Crippen LogP contribution >= 0.6 is 0 Å². The molecule has 0 aliphatic carbocycles. The van der Waals surface area contributed by atoms with Crippen LogP contribution in [0.3, 0.4) is 0 Å². The van der Waals surface area contributed by atoms with Gasteiger partial charge in [-0.1, -0.05) is 18.2 Å². The molecular weight excluding hydrogens is 148 g/mol. The topological polar surface area (TPSA) is 17.2 Å². The van der Waals surface area contributed by atoms with Crippen molar-refractivity contribution in [3.8, 4) is 0 Å². The summed E-state index contributed by atoms with van der Waals surface area (Å²) in [7, 11) is 0. The number of rotatable bonds is 0. The summed E-state index contributed by atoms with van der Waals surface area (Å²) in [6.45, 7) is 6.92. The Kier molecular flexibility index (Phi) is 1.49. The number of hydrogen-bond acceptors (Lipinski definition) is 1. The van der Waals surface area contributed by atoms with Crippen LogP contribution in [-0.4, -0.2) is 4.98 Å². The molecular formula is C10H6N2. The van der Waals surface area contributed by atoms with Gasteiger partial charge in [-0.3, -0.25) is 4.98 Å². The minimum atomic E-state index is 0.667. The first-order valence-electron chi connectivity index (χ1n) is 3.63. The van der Waals surface area contributed by atoms with E-state index in [0.717, 1.165) is 10.9 Å². The molecule has 0 unspecified atom stereocenters. The summed E-state index contributed by atoms with van der Waals surface area (Å²) in [4.78, 5) is 7.56. The normalized spacial score (nSPS) is 9.58. The minimum absolute atomic E-state index is 0.667. The summed E-state index contributed by atoms with van der Waals surface area (Å²) < 4.78 is 0. The molecule has 12 heavy (non-hydrogen) atoms. The van der Waals surface area contributed by atoms with Crippen LogP contribution in [0, 0.1) is 6.57 Å². The Bertz CT molecular complexity index is 449. The number of benzene rings is 1. The summed E-state index contributed by atoms with van der Waals surface area (Å²) in [5.74, 6) is 0. The molecule has 0 atom stereocenters. The number of para-hydroxylation sites is 1. The van der Waals surface area contributed by atoms with Crippen molar-refractivity contribution in [1.82, 2.24) is 4.98 Å². The Morgan fingerprint density at radius 1 is 1.17 bits per heavy atom. The molecule has 0 N–H and O–H groups in total. The molecule has 2 rings (SSSR count). The third kappa shape index (κ3) is 0.923. The predicted molar refractivity (Wildman–Crippen MR) is 48.0 cm³/mol. The zero-order chi connectivity index (χ0) is 8.39. The highest BCUT2D eigenvalue weighted by molar-refractivity contribution is 5.91. The van der Waals surface area contributed by atoms with Crippen molar-refractivity contribution in [2.45, 2.75) is 0 Å². The third-order valence-electron chi connectivity index (χ3n) is 1.75. The summed E-state index contributed by atoms with van der Waals surface area (Å²) >= 11 is 0. The smallest absolute Gasteiger partial charge is 0.197 e. The molecule has 1 aromatic heterocycles. The van der Waals surface area contributed by atoms with Gasteiger partial charge in [0.25, 0.3) is 0 Å². The molecule has 0 spiro atoms. The number of nitrogens with zero attached hydrogens (tertiary/aromatic N) is 2. The summed E-state index contributed by atoms with van der Waals surface area (Å²) in [5, 5.41) is 0.926. The predicted octanol–water partition coefficient (Wildman–Crippen LogP) is 2.79. The standard InChI is InChI=1S/C10H6N2/c1-11-9-6-7-12-10-5-3-2-4-8(9)10/h2-7H. The van der Waals surface area contributed by atoms with Crippen LogP contribution in [0.5, 0.6) is 0 Å². The number of fused-ring (bicyclic) bond motifs is 1. The molecule has 2 heteroatoms.